The lowest BCUT2D eigenvalue weighted by atomic mass is 10.3. The molecule has 0 radical (unpaired) electrons. The highest BCUT2D eigenvalue weighted by atomic mass is 35.5. The van der Waals surface area contributed by atoms with Crippen LogP contribution in [-0.2, 0) is 16.6 Å². The molecule has 1 aliphatic heterocycles. The predicted molar refractivity (Wildman–Crippen MR) is 98.3 cm³/mol. The minimum atomic E-state index is -1.31. The molecule has 1 aliphatic rings. The van der Waals surface area contributed by atoms with Gasteiger partial charge in [-0.2, -0.15) is 0 Å². The van der Waals surface area contributed by atoms with Crippen LogP contribution in [0.15, 0.2) is 45.7 Å². The van der Waals surface area contributed by atoms with Crippen LogP contribution in [0.2, 0.25) is 5.02 Å². The molecule has 2 heterocycles. The topological polar surface area (TPSA) is 53.8 Å². The van der Waals surface area contributed by atoms with E-state index in [-0.39, 0.29) is 11.7 Å². The highest BCUT2D eigenvalue weighted by molar-refractivity contribution is 7.84. The summed E-state index contributed by atoms with van der Waals surface area (Å²) < 4.78 is 18.1. The smallest absolute Gasteiger partial charge is 0.289 e. The zero-order valence-electron chi connectivity index (χ0n) is 14.1. The van der Waals surface area contributed by atoms with Gasteiger partial charge >= 0.3 is 0 Å². The molecule has 5 nitrogen and oxygen atoms in total. The molecule has 1 atom stereocenters. The summed E-state index contributed by atoms with van der Waals surface area (Å²) in [7, 11) is -1.31. The van der Waals surface area contributed by atoms with Crippen LogP contribution in [0, 0.1) is 0 Å². The lowest BCUT2D eigenvalue weighted by Crippen LogP contribution is -2.48. The van der Waals surface area contributed by atoms with E-state index in [4.69, 9.17) is 16.0 Å². The molecule has 2 aromatic rings. The Bertz CT molecular complexity index is 769. The molecule has 1 aromatic carbocycles. The highest BCUT2D eigenvalue weighted by Gasteiger charge is 2.24. The molecule has 0 saturated carbocycles. The number of amides is 1. The first kappa shape index (κ1) is 18.2. The second kappa shape index (κ2) is 8.17. The van der Waals surface area contributed by atoms with E-state index in [9.17, 15) is 9.00 Å². The van der Waals surface area contributed by atoms with E-state index >= 15 is 0 Å². The first-order valence-corrected chi connectivity index (χ1v) is 10.0. The van der Waals surface area contributed by atoms with E-state index in [2.05, 4.69) is 11.8 Å². The van der Waals surface area contributed by atoms with Gasteiger partial charge in [0.2, 0.25) is 0 Å². The Hall–Kier alpha value is -1.63. The van der Waals surface area contributed by atoms with Crippen LogP contribution in [-0.4, -0.2) is 52.6 Å². The number of halogens is 1. The first-order valence-electron chi connectivity index (χ1n) is 8.31. The van der Waals surface area contributed by atoms with Crippen molar-refractivity contribution in [3.05, 3.63) is 52.9 Å². The van der Waals surface area contributed by atoms with Gasteiger partial charge in [0.1, 0.15) is 5.76 Å². The normalized spacial score (nSPS) is 16.8. The highest BCUT2D eigenvalue weighted by Crippen LogP contribution is 2.22. The molecular formula is C18H21ClN2O3S. The minimum absolute atomic E-state index is 0.106. The number of likely N-dealkylation sites (N-methyl/N-ethyl adjacent to an activating group) is 1. The third-order valence-corrected chi connectivity index (χ3v) is 6.17. The molecule has 0 spiro atoms. The molecule has 0 aliphatic carbocycles. The molecule has 3 rings (SSSR count). The standard InChI is InChI=1S/C18H21ClN2O3S/c1-2-20-9-11-21(12-10-20)18(22)16-8-7-14(24-16)13-25(23)17-6-4-3-5-15(17)19/h3-8H,2,9-13H2,1H3/t25-/m0/s1. The Morgan fingerprint density at radius 2 is 1.88 bits per heavy atom. The Kier molecular flexibility index (Phi) is 5.93. The molecule has 1 fully saturated rings. The molecule has 0 unspecified atom stereocenters. The fourth-order valence-electron chi connectivity index (χ4n) is 2.83. The fourth-order valence-corrected chi connectivity index (χ4v) is 4.31. The van der Waals surface area contributed by atoms with Crippen LogP contribution in [0.25, 0.3) is 0 Å². The summed E-state index contributed by atoms with van der Waals surface area (Å²) in [4.78, 5) is 17.2. The van der Waals surface area contributed by atoms with Crippen LogP contribution in [0.3, 0.4) is 0 Å². The predicted octanol–water partition coefficient (Wildman–Crippen LogP) is 3.02. The van der Waals surface area contributed by atoms with Gasteiger partial charge < -0.3 is 14.2 Å². The van der Waals surface area contributed by atoms with Gasteiger partial charge in [0.25, 0.3) is 5.91 Å². The van der Waals surface area contributed by atoms with E-state index in [0.717, 1.165) is 19.6 Å². The largest absolute Gasteiger partial charge is 0.455 e. The maximum absolute atomic E-state index is 12.5. The molecule has 1 aromatic heterocycles. The van der Waals surface area contributed by atoms with E-state index in [0.29, 0.717) is 34.5 Å². The van der Waals surface area contributed by atoms with Gasteiger partial charge in [-0.05, 0) is 30.8 Å². The fraction of sp³-hybridized carbons (Fsp3) is 0.389. The van der Waals surface area contributed by atoms with Gasteiger partial charge in [-0.3, -0.25) is 9.00 Å². The summed E-state index contributed by atoms with van der Waals surface area (Å²) >= 11 is 6.08. The summed E-state index contributed by atoms with van der Waals surface area (Å²) in [5, 5.41) is 0.470. The summed E-state index contributed by atoms with van der Waals surface area (Å²) in [5.41, 5.74) is 0. The number of nitrogens with zero attached hydrogens (tertiary/aromatic N) is 2. The summed E-state index contributed by atoms with van der Waals surface area (Å²) in [5.74, 6) is 0.913. The van der Waals surface area contributed by atoms with Crippen molar-refractivity contribution in [2.45, 2.75) is 17.6 Å². The van der Waals surface area contributed by atoms with Crippen LogP contribution in [0.5, 0.6) is 0 Å². The Morgan fingerprint density at radius 1 is 1.16 bits per heavy atom. The van der Waals surface area contributed by atoms with Crippen molar-refractivity contribution in [2.75, 3.05) is 32.7 Å². The summed E-state index contributed by atoms with van der Waals surface area (Å²) in [6.07, 6.45) is 0. The number of benzene rings is 1. The quantitative estimate of drug-likeness (QED) is 0.800. The van der Waals surface area contributed by atoms with E-state index in [1.165, 1.54) is 0 Å². The lowest BCUT2D eigenvalue weighted by molar-refractivity contribution is 0.0611. The maximum Gasteiger partial charge on any atom is 0.289 e. The van der Waals surface area contributed by atoms with Crippen molar-refractivity contribution < 1.29 is 13.4 Å². The van der Waals surface area contributed by atoms with E-state index < -0.39 is 10.8 Å². The first-order chi connectivity index (χ1) is 12.1. The zero-order valence-corrected chi connectivity index (χ0v) is 15.7. The van der Waals surface area contributed by atoms with Crippen molar-refractivity contribution >= 4 is 28.3 Å². The van der Waals surface area contributed by atoms with Crippen molar-refractivity contribution in [1.29, 1.82) is 0 Å². The lowest BCUT2D eigenvalue weighted by Gasteiger charge is -2.33. The minimum Gasteiger partial charge on any atom is -0.455 e. The summed E-state index contributed by atoms with van der Waals surface area (Å²) in [6, 6.07) is 10.4. The molecular weight excluding hydrogens is 360 g/mol. The molecule has 1 amide bonds. The zero-order chi connectivity index (χ0) is 17.8. The molecule has 134 valence electrons. The second-order valence-corrected chi connectivity index (χ2v) is 7.74. The molecule has 0 N–H and O–H groups in total. The number of rotatable bonds is 5. The van der Waals surface area contributed by atoms with Crippen molar-refractivity contribution in [3.63, 3.8) is 0 Å². The van der Waals surface area contributed by atoms with Crippen molar-refractivity contribution in [3.8, 4) is 0 Å². The van der Waals surface area contributed by atoms with Crippen LogP contribution >= 0.6 is 11.6 Å². The third-order valence-electron chi connectivity index (χ3n) is 4.33. The average molecular weight is 381 g/mol. The Labute approximate surface area is 155 Å². The van der Waals surface area contributed by atoms with Crippen LogP contribution in [0.4, 0.5) is 0 Å². The molecule has 7 heteroatoms. The third kappa shape index (κ3) is 4.32. The van der Waals surface area contributed by atoms with Crippen molar-refractivity contribution in [1.82, 2.24) is 9.80 Å². The van der Waals surface area contributed by atoms with Crippen LogP contribution < -0.4 is 0 Å². The molecule has 0 bridgehead atoms. The second-order valence-electron chi connectivity index (χ2n) is 5.91. The monoisotopic (exact) mass is 380 g/mol. The van der Waals surface area contributed by atoms with Gasteiger partial charge in [-0.1, -0.05) is 30.7 Å². The van der Waals surface area contributed by atoms with E-state index in [1.54, 1.807) is 41.3 Å². The van der Waals surface area contributed by atoms with Gasteiger partial charge in [0.15, 0.2) is 5.76 Å². The maximum atomic E-state index is 12.5. The summed E-state index contributed by atoms with van der Waals surface area (Å²) in [6.45, 7) is 6.29. The van der Waals surface area contributed by atoms with Gasteiger partial charge in [0.05, 0.1) is 26.5 Å². The van der Waals surface area contributed by atoms with Crippen LogP contribution in [0.1, 0.15) is 23.2 Å². The van der Waals surface area contributed by atoms with Crippen molar-refractivity contribution in [2.24, 2.45) is 0 Å². The SMILES string of the molecule is CCN1CCN(C(=O)c2ccc(C[S@](=O)c3ccccc3Cl)o2)CC1. The van der Waals surface area contributed by atoms with Gasteiger partial charge in [-0.15, -0.1) is 0 Å². The van der Waals surface area contributed by atoms with Gasteiger partial charge in [-0.25, -0.2) is 0 Å². The number of hydrogen-bond donors (Lipinski definition) is 0. The molecule has 25 heavy (non-hydrogen) atoms. The van der Waals surface area contributed by atoms with E-state index in [1.807, 2.05) is 0 Å². The molecule has 1 saturated heterocycles. The number of piperazine rings is 1. The van der Waals surface area contributed by atoms with Gasteiger partial charge in [0, 0.05) is 26.2 Å². The number of furan rings is 1. The Balaban J connectivity index is 1.63. The number of carbonyl (C=O) groups is 1. The number of hydrogen-bond acceptors (Lipinski definition) is 4. The average Bonchev–Trinajstić information content (AvgIpc) is 3.10. The number of carbonyl (C=O) groups excluding carboxylic acids is 1. The Morgan fingerprint density at radius 3 is 2.56 bits per heavy atom.